The number of benzene rings is 1. The third-order valence-electron chi connectivity index (χ3n) is 5.63. The monoisotopic (exact) mass is 518 g/mol. The molecule has 1 heterocycles. The van der Waals surface area contributed by atoms with Gasteiger partial charge in [0.1, 0.15) is 18.1 Å². The molecule has 0 saturated heterocycles. The molecular formula is C24H34N6O7. The minimum Gasteiger partial charge on any atom is -0.480 e. The van der Waals surface area contributed by atoms with Crippen LogP contribution in [0.5, 0.6) is 0 Å². The molecule has 0 fully saturated rings. The summed E-state index contributed by atoms with van der Waals surface area (Å²) in [5.74, 6) is -4.84. The molecule has 0 radical (unpaired) electrons. The fraction of sp³-hybridized carbons (Fsp3) is 0.458. The molecule has 4 atom stereocenters. The molecule has 1 aromatic heterocycles. The Morgan fingerprint density at radius 3 is 2.14 bits per heavy atom. The van der Waals surface area contributed by atoms with Gasteiger partial charge in [0.2, 0.25) is 23.6 Å². The molecule has 0 bridgehead atoms. The first kappa shape index (κ1) is 29.3. The molecule has 2 rings (SSSR count). The Hall–Kier alpha value is -3.97. The van der Waals surface area contributed by atoms with Gasteiger partial charge in [-0.2, -0.15) is 0 Å². The lowest BCUT2D eigenvalue weighted by molar-refractivity contribution is -0.143. The number of aliphatic carboxylic acids is 1. The summed E-state index contributed by atoms with van der Waals surface area (Å²) in [5.41, 5.74) is 13.0. The molecule has 4 amide bonds. The zero-order chi connectivity index (χ0) is 27.7. The van der Waals surface area contributed by atoms with Crippen LogP contribution in [0.2, 0.25) is 0 Å². The molecule has 1 aromatic carbocycles. The SMILES string of the molecule is CC(C)CC(NC(=O)C(CC(N)=O)NC(=O)C(N)Cc1c[nH]c2ccccc12)C(=O)NC(CO)C(=O)O. The molecule has 4 unspecified atom stereocenters. The average molecular weight is 519 g/mol. The van der Waals surface area contributed by atoms with Gasteiger partial charge < -0.3 is 42.6 Å². The molecule has 0 aliphatic heterocycles. The fourth-order valence-corrected chi connectivity index (χ4v) is 3.75. The van der Waals surface area contributed by atoms with Crippen molar-refractivity contribution in [3.8, 4) is 0 Å². The maximum Gasteiger partial charge on any atom is 0.328 e. The lowest BCUT2D eigenvalue weighted by atomic mass is 10.0. The molecule has 2 aromatic rings. The molecule has 202 valence electrons. The van der Waals surface area contributed by atoms with Crippen molar-refractivity contribution in [3.63, 3.8) is 0 Å². The number of aliphatic hydroxyl groups excluding tert-OH is 1. The number of hydrogen-bond acceptors (Lipinski definition) is 7. The smallest absolute Gasteiger partial charge is 0.328 e. The van der Waals surface area contributed by atoms with Crippen molar-refractivity contribution in [1.82, 2.24) is 20.9 Å². The number of aliphatic hydroxyl groups is 1. The zero-order valence-corrected chi connectivity index (χ0v) is 20.7. The topological polar surface area (TPSA) is 230 Å². The first-order chi connectivity index (χ1) is 17.4. The average Bonchev–Trinajstić information content (AvgIpc) is 3.23. The highest BCUT2D eigenvalue weighted by molar-refractivity contribution is 5.96. The lowest BCUT2D eigenvalue weighted by Gasteiger charge is -2.25. The number of aromatic amines is 1. The number of aromatic nitrogens is 1. The summed E-state index contributed by atoms with van der Waals surface area (Å²) in [6, 6.07) is 2.21. The van der Waals surface area contributed by atoms with E-state index in [0.29, 0.717) is 0 Å². The Labute approximate surface area is 213 Å². The van der Waals surface area contributed by atoms with E-state index in [4.69, 9.17) is 16.6 Å². The van der Waals surface area contributed by atoms with Crippen LogP contribution in [0.1, 0.15) is 32.3 Å². The number of carboxylic acids is 1. The molecule has 0 saturated carbocycles. The van der Waals surface area contributed by atoms with Crippen molar-refractivity contribution in [2.24, 2.45) is 17.4 Å². The number of primary amides is 1. The highest BCUT2D eigenvalue weighted by Crippen LogP contribution is 2.18. The van der Waals surface area contributed by atoms with Crippen LogP contribution < -0.4 is 27.4 Å². The van der Waals surface area contributed by atoms with Gasteiger partial charge in [0.05, 0.1) is 19.1 Å². The number of para-hydroxylation sites is 1. The number of rotatable bonds is 14. The number of hydrogen-bond donors (Lipinski definition) is 8. The molecule has 13 nitrogen and oxygen atoms in total. The summed E-state index contributed by atoms with van der Waals surface area (Å²) < 4.78 is 0. The van der Waals surface area contributed by atoms with Gasteiger partial charge in [0, 0.05) is 17.1 Å². The Morgan fingerprint density at radius 1 is 0.946 bits per heavy atom. The van der Waals surface area contributed by atoms with Crippen molar-refractivity contribution in [1.29, 1.82) is 0 Å². The third kappa shape index (κ3) is 8.58. The fourth-order valence-electron chi connectivity index (χ4n) is 3.75. The minimum atomic E-state index is -1.57. The van der Waals surface area contributed by atoms with Gasteiger partial charge in [-0.3, -0.25) is 19.2 Å². The number of nitrogens with two attached hydrogens (primary N) is 2. The summed E-state index contributed by atoms with van der Waals surface area (Å²) in [4.78, 5) is 64.3. The Bertz CT molecular complexity index is 1130. The highest BCUT2D eigenvalue weighted by Gasteiger charge is 2.31. The van der Waals surface area contributed by atoms with Crippen LogP contribution in [0, 0.1) is 5.92 Å². The number of fused-ring (bicyclic) bond motifs is 1. The van der Waals surface area contributed by atoms with Crippen molar-refractivity contribution >= 4 is 40.5 Å². The van der Waals surface area contributed by atoms with Gasteiger partial charge in [-0.25, -0.2) is 4.79 Å². The number of H-pyrrole nitrogens is 1. The van der Waals surface area contributed by atoms with Crippen LogP contribution in [0.4, 0.5) is 0 Å². The summed E-state index contributed by atoms with van der Waals surface area (Å²) in [7, 11) is 0. The van der Waals surface area contributed by atoms with Gasteiger partial charge in [-0.15, -0.1) is 0 Å². The van der Waals surface area contributed by atoms with E-state index in [-0.39, 0.29) is 18.8 Å². The molecule has 10 N–H and O–H groups in total. The normalized spacial score (nSPS) is 14.4. The third-order valence-corrected chi connectivity index (χ3v) is 5.63. The van der Waals surface area contributed by atoms with E-state index < -0.39 is 66.8 Å². The van der Waals surface area contributed by atoms with E-state index in [1.165, 1.54) is 0 Å². The second-order valence-electron chi connectivity index (χ2n) is 9.17. The maximum absolute atomic E-state index is 13.0. The predicted octanol–water partition coefficient (Wildman–Crippen LogP) is -1.51. The summed E-state index contributed by atoms with van der Waals surface area (Å²) in [6.45, 7) is 2.71. The number of nitrogens with one attached hydrogen (secondary N) is 4. The lowest BCUT2D eigenvalue weighted by Crippen LogP contribution is -2.58. The van der Waals surface area contributed by atoms with Gasteiger partial charge in [0.25, 0.3) is 0 Å². The maximum atomic E-state index is 13.0. The first-order valence-corrected chi connectivity index (χ1v) is 11.8. The Morgan fingerprint density at radius 2 is 1.54 bits per heavy atom. The molecule has 37 heavy (non-hydrogen) atoms. The summed E-state index contributed by atoms with van der Waals surface area (Å²) in [6.07, 6.45) is 1.45. The van der Waals surface area contributed by atoms with Crippen molar-refractivity contribution in [2.75, 3.05) is 6.61 Å². The number of carboxylic acid groups (broad SMARTS) is 1. The van der Waals surface area contributed by atoms with Crippen LogP contribution in [-0.2, 0) is 30.4 Å². The molecule has 13 heteroatoms. The zero-order valence-electron chi connectivity index (χ0n) is 20.7. The van der Waals surface area contributed by atoms with Crippen LogP contribution in [0.25, 0.3) is 10.9 Å². The van der Waals surface area contributed by atoms with Crippen molar-refractivity contribution < 1.29 is 34.2 Å². The van der Waals surface area contributed by atoms with Gasteiger partial charge >= 0.3 is 5.97 Å². The van der Waals surface area contributed by atoms with E-state index in [1.54, 1.807) is 20.0 Å². The molecular weight excluding hydrogens is 484 g/mol. The molecule has 0 aliphatic rings. The van der Waals surface area contributed by atoms with Crippen molar-refractivity contribution in [2.45, 2.75) is 57.3 Å². The van der Waals surface area contributed by atoms with Gasteiger partial charge in [0.15, 0.2) is 0 Å². The second-order valence-corrected chi connectivity index (χ2v) is 9.17. The largest absolute Gasteiger partial charge is 0.480 e. The van der Waals surface area contributed by atoms with Gasteiger partial charge in [-0.05, 0) is 30.4 Å². The second kappa shape index (κ2) is 13.4. The quantitative estimate of drug-likeness (QED) is 0.146. The summed E-state index contributed by atoms with van der Waals surface area (Å²) >= 11 is 0. The molecule has 0 aliphatic carbocycles. The number of carbonyl (C=O) groups is 5. The van der Waals surface area contributed by atoms with E-state index in [0.717, 1.165) is 16.5 Å². The van der Waals surface area contributed by atoms with E-state index >= 15 is 0 Å². The first-order valence-electron chi connectivity index (χ1n) is 11.8. The Kier molecular flexibility index (Phi) is 10.6. The number of carbonyl (C=O) groups excluding carboxylic acids is 4. The van der Waals surface area contributed by atoms with Crippen molar-refractivity contribution in [3.05, 3.63) is 36.0 Å². The van der Waals surface area contributed by atoms with Crippen LogP contribution in [-0.4, -0.2) is 75.6 Å². The highest BCUT2D eigenvalue weighted by atomic mass is 16.4. The standard InChI is InChI=1S/C24H34N6O7/c1-12(2)7-17(22(34)30-19(11-31)24(36)37)29-23(35)18(9-20(26)32)28-21(33)15(25)8-13-10-27-16-6-4-3-5-14(13)16/h3-6,10,12,15,17-19,27,31H,7-9,11,25H2,1-2H3,(H2,26,32)(H,28,33)(H,29,35)(H,30,34)(H,36,37). The Balaban J connectivity index is 2.12. The van der Waals surface area contributed by atoms with E-state index in [9.17, 15) is 29.1 Å². The molecule has 0 spiro atoms. The van der Waals surface area contributed by atoms with E-state index in [2.05, 4.69) is 20.9 Å². The number of amides is 4. The van der Waals surface area contributed by atoms with E-state index in [1.807, 2.05) is 24.3 Å². The van der Waals surface area contributed by atoms with Crippen LogP contribution >= 0.6 is 0 Å². The van der Waals surface area contributed by atoms with Crippen LogP contribution in [0.3, 0.4) is 0 Å². The predicted molar refractivity (Wildman–Crippen MR) is 134 cm³/mol. The van der Waals surface area contributed by atoms with Gasteiger partial charge in [-0.1, -0.05) is 32.0 Å². The summed E-state index contributed by atoms with van der Waals surface area (Å²) in [5, 5.41) is 26.2. The van der Waals surface area contributed by atoms with Crippen LogP contribution in [0.15, 0.2) is 30.5 Å². The minimum absolute atomic E-state index is 0.0952.